The number of carbonyl (C=O) groups is 3. The van der Waals surface area contributed by atoms with Crippen LogP contribution in [-0.4, -0.2) is 48.9 Å². The monoisotopic (exact) mass is 485 g/mol. The summed E-state index contributed by atoms with van der Waals surface area (Å²) in [6.45, 7) is 4.75. The summed E-state index contributed by atoms with van der Waals surface area (Å²) < 4.78 is 5.57. The summed E-state index contributed by atoms with van der Waals surface area (Å²) in [5.41, 5.74) is 3.14. The highest BCUT2D eigenvalue weighted by Gasteiger charge is 2.29. The molecule has 0 fully saturated rings. The molecule has 3 aromatic rings. The molecule has 0 radical (unpaired) electrons. The predicted octanol–water partition coefficient (Wildman–Crippen LogP) is 4.44. The maximum Gasteiger partial charge on any atom is 0.265 e. The van der Waals surface area contributed by atoms with E-state index in [1.807, 2.05) is 74.5 Å². The average molecular weight is 486 g/mol. The van der Waals surface area contributed by atoms with Crippen LogP contribution < -0.4 is 15.0 Å². The van der Waals surface area contributed by atoms with Crippen LogP contribution in [0.4, 0.5) is 11.4 Å². The predicted molar refractivity (Wildman–Crippen MR) is 140 cm³/mol. The molecule has 0 spiro atoms. The Morgan fingerprint density at radius 3 is 2.14 bits per heavy atom. The normalized spacial score (nSPS) is 12.6. The fraction of sp³-hybridized carbons (Fsp3) is 0.276. The van der Waals surface area contributed by atoms with Crippen molar-refractivity contribution in [1.29, 1.82) is 0 Å². The lowest BCUT2D eigenvalue weighted by molar-refractivity contribution is -0.131. The molecule has 7 heteroatoms. The maximum atomic E-state index is 13.1. The highest BCUT2D eigenvalue weighted by Crippen LogP contribution is 2.35. The third kappa shape index (κ3) is 5.74. The van der Waals surface area contributed by atoms with E-state index in [-0.39, 0.29) is 43.2 Å². The number of anilines is 2. The number of hydrogen-bond donors (Lipinski definition) is 1. The van der Waals surface area contributed by atoms with Crippen molar-refractivity contribution in [2.75, 3.05) is 36.5 Å². The van der Waals surface area contributed by atoms with Gasteiger partial charge in [0.2, 0.25) is 11.8 Å². The highest BCUT2D eigenvalue weighted by molar-refractivity contribution is 6.03. The van der Waals surface area contributed by atoms with Gasteiger partial charge in [-0.2, -0.15) is 0 Å². The fourth-order valence-corrected chi connectivity index (χ4v) is 4.46. The highest BCUT2D eigenvalue weighted by atomic mass is 16.5. The van der Waals surface area contributed by atoms with Gasteiger partial charge >= 0.3 is 0 Å². The summed E-state index contributed by atoms with van der Waals surface area (Å²) in [6, 6.07) is 25.1. The van der Waals surface area contributed by atoms with E-state index in [1.165, 1.54) is 4.90 Å². The second kappa shape index (κ2) is 11.5. The molecule has 0 aliphatic carbocycles. The van der Waals surface area contributed by atoms with Gasteiger partial charge in [0.15, 0.2) is 6.61 Å². The molecule has 7 nitrogen and oxygen atoms in total. The molecule has 0 atom stereocenters. The Kier molecular flexibility index (Phi) is 8.00. The molecule has 36 heavy (non-hydrogen) atoms. The van der Waals surface area contributed by atoms with Crippen molar-refractivity contribution < 1.29 is 19.1 Å². The van der Waals surface area contributed by atoms with Crippen LogP contribution in [0.1, 0.15) is 37.3 Å². The number of hydrogen-bond acceptors (Lipinski definition) is 4. The van der Waals surface area contributed by atoms with Crippen molar-refractivity contribution in [3.8, 4) is 5.75 Å². The minimum atomic E-state index is -0.292. The van der Waals surface area contributed by atoms with Gasteiger partial charge < -0.3 is 15.0 Å². The van der Waals surface area contributed by atoms with Crippen LogP contribution in [0.15, 0.2) is 78.9 Å². The van der Waals surface area contributed by atoms with Crippen molar-refractivity contribution in [2.45, 2.75) is 26.2 Å². The number of carbonyl (C=O) groups excluding carboxylic acids is 3. The summed E-state index contributed by atoms with van der Waals surface area (Å²) in [6.07, 6.45) is 0.255. The molecule has 1 heterocycles. The second-order valence-electron chi connectivity index (χ2n) is 8.64. The average Bonchev–Trinajstić information content (AvgIpc) is 2.90. The van der Waals surface area contributed by atoms with Gasteiger partial charge in [-0.1, -0.05) is 60.7 Å². The molecule has 0 saturated carbocycles. The zero-order valence-corrected chi connectivity index (χ0v) is 20.6. The number of ether oxygens (including phenoxy) is 1. The van der Waals surface area contributed by atoms with Crippen LogP contribution in [0.3, 0.4) is 0 Å². The molecule has 0 bridgehead atoms. The lowest BCUT2D eigenvalue weighted by Gasteiger charge is -2.31. The quantitative estimate of drug-likeness (QED) is 0.486. The first kappa shape index (κ1) is 25.0. The molecule has 0 unspecified atom stereocenters. The zero-order valence-electron chi connectivity index (χ0n) is 20.6. The molecule has 0 saturated heterocycles. The standard InChI is InChI=1S/C29H31N3O4/c1-3-31(4-2)28(34)19-32-25-17-23(15-16-26(25)36-20-29(32)35)30-27(33)18-24(21-11-7-5-8-12-21)22-13-9-6-10-14-22/h5-17,24H,3-4,18-20H2,1-2H3,(H,30,33). The molecule has 4 rings (SSSR count). The molecule has 3 amide bonds. The topological polar surface area (TPSA) is 79.0 Å². The van der Waals surface area contributed by atoms with Gasteiger partial charge in [0.25, 0.3) is 5.91 Å². The van der Waals surface area contributed by atoms with Crippen LogP contribution >= 0.6 is 0 Å². The van der Waals surface area contributed by atoms with E-state index in [0.29, 0.717) is 30.2 Å². The van der Waals surface area contributed by atoms with Crippen molar-refractivity contribution in [3.63, 3.8) is 0 Å². The first-order valence-electron chi connectivity index (χ1n) is 12.2. The van der Waals surface area contributed by atoms with Crippen molar-refractivity contribution in [2.24, 2.45) is 0 Å². The van der Waals surface area contributed by atoms with Crippen LogP contribution in [0.5, 0.6) is 5.75 Å². The van der Waals surface area contributed by atoms with Gasteiger partial charge in [0.1, 0.15) is 12.3 Å². The molecular weight excluding hydrogens is 454 g/mol. The molecular formula is C29H31N3O4. The van der Waals surface area contributed by atoms with Crippen LogP contribution in [-0.2, 0) is 14.4 Å². The number of amides is 3. The van der Waals surface area contributed by atoms with E-state index in [0.717, 1.165) is 11.1 Å². The summed E-state index contributed by atoms with van der Waals surface area (Å²) in [5.74, 6) is -0.171. The molecule has 186 valence electrons. The lowest BCUT2D eigenvalue weighted by atomic mass is 9.88. The minimum Gasteiger partial charge on any atom is -0.482 e. The number of nitrogens with zero attached hydrogens (tertiary/aromatic N) is 2. The van der Waals surface area contributed by atoms with E-state index in [1.54, 1.807) is 23.1 Å². The molecule has 1 aliphatic heterocycles. The number of nitrogens with one attached hydrogen (secondary N) is 1. The molecule has 1 N–H and O–H groups in total. The van der Waals surface area contributed by atoms with Crippen LogP contribution in [0.25, 0.3) is 0 Å². The SMILES string of the molecule is CCN(CC)C(=O)CN1C(=O)COc2ccc(NC(=O)CC(c3ccccc3)c3ccccc3)cc21. The Labute approximate surface area is 211 Å². The summed E-state index contributed by atoms with van der Waals surface area (Å²) in [4.78, 5) is 41.6. The fourth-order valence-electron chi connectivity index (χ4n) is 4.46. The molecule has 3 aromatic carbocycles. The second-order valence-corrected chi connectivity index (χ2v) is 8.64. The van der Waals surface area contributed by atoms with Crippen LogP contribution in [0, 0.1) is 0 Å². The number of rotatable bonds is 9. The summed E-state index contributed by atoms with van der Waals surface area (Å²) >= 11 is 0. The first-order valence-corrected chi connectivity index (χ1v) is 12.2. The van der Waals surface area contributed by atoms with Crippen molar-refractivity contribution in [3.05, 3.63) is 90.0 Å². The number of benzene rings is 3. The Balaban J connectivity index is 1.53. The number of likely N-dealkylation sites (N-methyl/N-ethyl adjacent to an activating group) is 1. The minimum absolute atomic E-state index is 0.0711. The molecule has 1 aliphatic rings. The summed E-state index contributed by atoms with van der Waals surface area (Å²) in [7, 11) is 0. The van der Waals surface area contributed by atoms with E-state index in [2.05, 4.69) is 5.32 Å². The Morgan fingerprint density at radius 2 is 1.56 bits per heavy atom. The van der Waals surface area contributed by atoms with Crippen LogP contribution in [0.2, 0.25) is 0 Å². The van der Waals surface area contributed by atoms with Gasteiger partial charge in [-0.15, -0.1) is 0 Å². The van der Waals surface area contributed by atoms with Gasteiger partial charge in [0.05, 0.1) is 5.69 Å². The summed E-state index contributed by atoms with van der Waals surface area (Å²) in [5, 5.41) is 2.97. The smallest absolute Gasteiger partial charge is 0.265 e. The lowest BCUT2D eigenvalue weighted by Crippen LogP contribution is -2.46. The van der Waals surface area contributed by atoms with Gasteiger partial charge in [-0.05, 0) is 43.2 Å². The Morgan fingerprint density at radius 1 is 0.944 bits per heavy atom. The third-order valence-corrected chi connectivity index (χ3v) is 6.39. The van der Waals surface area contributed by atoms with E-state index in [4.69, 9.17) is 4.74 Å². The third-order valence-electron chi connectivity index (χ3n) is 6.39. The Bertz CT molecular complexity index is 1170. The largest absolute Gasteiger partial charge is 0.482 e. The zero-order chi connectivity index (χ0) is 25.5. The molecule has 0 aromatic heterocycles. The van der Waals surface area contributed by atoms with E-state index >= 15 is 0 Å². The van der Waals surface area contributed by atoms with E-state index < -0.39 is 0 Å². The van der Waals surface area contributed by atoms with Crippen molar-refractivity contribution >= 4 is 29.1 Å². The maximum absolute atomic E-state index is 13.1. The number of fused-ring (bicyclic) bond motifs is 1. The van der Waals surface area contributed by atoms with Gasteiger partial charge in [-0.25, -0.2) is 0 Å². The van der Waals surface area contributed by atoms with Gasteiger partial charge in [-0.3, -0.25) is 19.3 Å². The van der Waals surface area contributed by atoms with E-state index in [9.17, 15) is 14.4 Å². The first-order chi connectivity index (χ1) is 17.5. The van der Waals surface area contributed by atoms with Crippen molar-refractivity contribution in [1.82, 2.24) is 4.90 Å². The Hall–Kier alpha value is -4.13. The van der Waals surface area contributed by atoms with Gasteiger partial charge in [0, 0.05) is 31.1 Å².